The van der Waals surface area contributed by atoms with Gasteiger partial charge in [0.05, 0.1) is 26.4 Å². The van der Waals surface area contributed by atoms with Crippen LogP contribution in [0, 0.1) is 11.8 Å². The van der Waals surface area contributed by atoms with Crippen molar-refractivity contribution in [1.82, 2.24) is 0 Å². The van der Waals surface area contributed by atoms with Crippen molar-refractivity contribution in [1.29, 1.82) is 0 Å². The van der Waals surface area contributed by atoms with Gasteiger partial charge in [-0.25, -0.2) is 9.13 Å². The number of esters is 4. The minimum Gasteiger partial charge on any atom is -0.462 e. The summed E-state index contributed by atoms with van der Waals surface area (Å²) in [4.78, 5) is 72.2. The van der Waals surface area contributed by atoms with Crippen LogP contribution in [0.2, 0.25) is 0 Å². The Morgan fingerprint density at radius 2 is 0.535 bits per heavy atom. The minimum atomic E-state index is -4.95. The number of carbonyl (C=O) groups is 4. The molecule has 0 rings (SSSR count). The molecular weight excluding hydrogens is 1140 g/mol. The molecule has 0 saturated carbocycles. The Kier molecular flexibility index (Phi) is 58.0. The number of carbonyl (C=O) groups excluding carboxylic acids is 4. The highest BCUT2D eigenvalue weighted by Gasteiger charge is 2.30. The number of aliphatic hydroxyl groups excluding tert-OH is 1. The van der Waals surface area contributed by atoms with E-state index in [1.807, 2.05) is 0 Å². The lowest BCUT2D eigenvalue weighted by atomic mass is 10.0. The van der Waals surface area contributed by atoms with Crippen molar-refractivity contribution in [2.45, 2.75) is 355 Å². The van der Waals surface area contributed by atoms with Crippen molar-refractivity contribution < 1.29 is 80.2 Å². The molecule has 0 heterocycles. The molecule has 0 radical (unpaired) electrons. The van der Waals surface area contributed by atoms with Gasteiger partial charge in [0.15, 0.2) is 12.2 Å². The van der Waals surface area contributed by atoms with E-state index in [1.165, 1.54) is 148 Å². The standard InChI is InChI=1S/C67H130O17P2/c1-7-9-11-13-15-17-19-20-21-22-23-24-25-26-28-30-39-45-51-66(71)83-62(55-77-64(69)49-43-37-29-27-18-16-14-12-10-8-2)57-81-85(73,74)79-53-61(68)54-80-86(75,76)82-58-63(84-67(72)52-46-40-34-32-36-42-48-60(5)6)56-78-65(70)50-44-38-33-31-35-41-47-59(3)4/h59-63,68H,7-58H2,1-6H3,(H,73,74)(H,75,76)/t61-,62-,63-/m1/s1. The molecule has 0 spiro atoms. The predicted molar refractivity (Wildman–Crippen MR) is 345 cm³/mol. The zero-order chi connectivity index (χ0) is 63.6. The lowest BCUT2D eigenvalue weighted by molar-refractivity contribution is -0.161. The SMILES string of the molecule is CCCCCCCCCCCCCCCCCCCCC(=O)O[C@H](COC(=O)CCCCCCCCCCCC)COP(=O)(O)OC[C@@H](O)COP(=O)(O)OC[C@@H](COC(=O)CCCCCCCCC(C)C)OC(=O)CCCCCCCCC(C)C. The molecule has 3 N–H and O–H groups in total. The Morgan fingerprint density at radius 3 is 0.791 bits per heavy atom. The molecule has 0 aromatic carbocycles. The third kappa shape index (κ3) is 60.9. The minimum absolute atomic E-state index is 0.101. The fourth-order valence-corrected chi connectivity index (χ4v) is 11.6. The van der Waals surface area contributed by atoms with E-state index < -0.39 is 97.5 Å². The van der Waals surface area contributed by atoms with Crippen LogP contribution in [0.5, 0.6) is 0 Å². The van der Waals surface area contributed by atoms with Gasteiger partial charge < -0.3 is 33.8 Å². The van der Waals surface area contributed by atoms with Crippen LogP contribution in [0.25, 0.3) is 0 Å². The number of hydrogen-bond acceptors (Lipinski definition) is 15. The number of hydrogen-bond donors (Lipinski definition) is 3. The van der Waals surface area contributed by atoms with Crippen molar-refractivity contribution in [3.8, 4) is 0 Å². The van der Waals surface area contributed by atoms with E-state index in [1.54, 1.807) is 0 Å². The summed E-state index contributed by atoms with van der Waals surface area (Å²) in [5.74, 6) is -0.787. The first kappa shape index (κ1) is 84.1. The normalized spacial score (nSPS) is 14.2. The lowest BCUT2D eigenvalue weighted by Crippen LogP contribution is -2.30. The lowest BCUT2D eigenvalue weighted by Gasteiger charge is -2.21. The fraction of sp³-hybridized carbons (Fsp3) is 0.940. The monoisotopic (exact) mass is 1270 g/mol. The smallest absolute Gasteiger partial charge is 0.462 e. The highest BCUT2D eigenvalue weighted by molar-refractivity contribution is 7.47. The molecular formula is C67H130O17P2. The molecule has 86 heavy (non-hydrogen) atoms. The van der Waals surface area contributed by atoms with Gasteiger partial charge in [-0.05, 0) is 37.5 Å². The van der Waals surface area contributed by atoms with Crippen LogP contribution in [0.3, 0.4) is 0 Å². The Labute approximate surface area is 524 Å². The molecule has 0 bridgehead atoms. The number of phosphoric acid groups is 2. The first-order chi connectivity index (χ1) is 41.4. The second kappa shape index (κ2) is 59.4. The summed E-state index contributed by atoms with van der Waals surface area (Å²) in [6.45, 7) is 9.34. The second-order valence-electron chi connectivity index (χ2n) is 25.2. The largest absolute Gasteiger partial charge is 0.472 e. The second-order valence-corrected chi connectivity index (χ2v) is 28.1. The van der Waals surface area contributed by atoms with Gasteiger partial charge >= 0.3 is 39.5 Å². The molecule has 5 atom stereocenters. The van der Waals surface area contributed by atoms with Gasteiger partial charge in [-0.3, -0.25) is 37.3 Å². The molecule has 19 heteroatoms. The van der Waals surface area contributed by atoms with Crippen LogP contribution in [-0.2, 0) is 65.4 Å². The number of phosphoric ester groups is 2. The average Bonchev–Trinajstić information content (AvgIpc) is 3.69. The predicted octanol–water partition coefficient (Wildman–Crippen LogP) is 18.8. The number of ether oxygens (including phenoxy) is 4. The maximum absolute atomic E-state index is 13.0. The molecule has 0 aliphatic carbocycles. The topological polar surface area (TPSA) is 237 Å². The quantitative estimate of drug-likeness (QED) is 0.0222. The molecule has 0 amide bonds. The maximum Gasteiger partial charge on any atom is 0.472 e. The van der Waals surface area contributed by atoms with Crippen LogP contribution in [0.4, 0.5) is 0 Å². The summed E-state index contributed by atoms with van der Waals surface area (Å²) in [7, 11) is -9.89. The van der Waals surface area contributed by atoms with Crippen LogP contribution >= 0.6 is 15.6 Å². The summed E-state index contributed by atoms with van der Waals surface area (Å²) in [5.41, 5.74) is 0. The average molecular weight is 1270 g/mol. The van der Waals surface area contributed by atoms with Gasteiger partial charge in [0.1, 0.15) is 19.3 Å². The van der Waals surface area contributed by atoms with Crippen LogP contribution in [0.15, 0.2) is 0 Å². The van der Waals surface area contributed by atoms with E-state index in [-0.39, 0.29) is 25.7 Å². The number of aliphatic hydroxyl groups is 1. The van der Waals surface area contributed by atoms with E-state index in [0.29, 0.717) is 37.5 Å². The van der Waals surface area contributed by atoms with E-state index in [0.717, 1.165) is 96.3 Å². The van der Waals surface area contributed by atoms with Crippen molar-refractivity contribution in [2.24, 2.45) is 11.8 Å². The molecule has 17 nitrogen and oxygen atoms in total. The summed E-state index contributed by atoms with van der Waals surface area (Å²) < 4.78 is 68.0. The van der Waals surface area contributed by atoms with Gasteiger partial charge in [0, 0.05) is 25.7 Å². The van der Waals surface area contributed by atoms with Gasteiger partial charge in [0.2, 0.25) is 0 Å². The van der Waals surface area contributed by atoms with Crippen LogP contribution in [0.1, 0.15) is 337 Å². The highest BCUT2D eigenvalue weighted by Crippen LogP contribution is 2.45. The van der Waals surface area contributed by atoms with Gasteiger partial charge in [-0.1, -0.05) is 286 Å². The fourth-order valence-electron chi connectivity index (χ4n) is 10.1. The molecule has 0 saturated heterocycles. The number of unbranched alkanes of at least 4 members (excludes halogenated alkanes) is 36. The molecule has 0 aromatic rings. The van der Waals surface area contributed by atoms with Gasteiger partial charge in [0.25, 0.3) is 0 Å². The number of rotatable bonds is 66. The Hall–Kier alpha value is -1.94. The molecule has 0 fully saturated rings. The molecule has 2 unspecified atom stereocenters. The Bertz CT molecular complexity index is 1680. The molecule has 0 aliphatic heterocycles. The van der Waals surface area contributed by atoms with E-state index in [4.69, 9.17) is 37.0 Å². The van der Waals surface area contributed by atoms with Crippen LogP contribution < -0.4 is 0 Å². The van der Waals surface area contributed by atoms with Gasteiger partial charge in [-0.15, -0.1) is 0 Å². The summed E-state index contributed by atoms with van der Waals surface area (Å²) >= 11 is 0. The highest BCUT2D eigenvalue weighted by atomic mass is 31.2. The first-order valence-electron chi connectivity index (χ1n) is 35.0. The van der Waals surface area contributed by atoms with Crippen molar-refractivity contribution >= 4 is 39.5 Å². The van der Waals surface area contributed by atoms with E-state index in [9.17, 15) is 43.2 Å². The van der Waals surface area contributed by atoms with E-state index in [2.05, 4.69) is 41.5 Å². The molecule has 0 aliphatic rings. The summed E-state index contributed by atoms with van der Waals surface area (Å²) in [6.07, 6.45) is 43.5. The van der Waals surface area contributed by atoms with Gasteiger partial charge in [-0.2, -0.15) is 0 Å². The Morgan fingerprint density at radius 1 is 0.314 bits per heavy atom. The van der Waals surface area contributed by atoms with Crippen molar-refractivity contribution in [3.63, 3.8) is 0 Å². The molecule has 0 aromatic heterocycles. The van der Waals surface area contributed by atoms with Crippen molar-refractivity contribution in [2.75, 3.05) is 39.6 Å². The Balaban J connectivity index is 5.18. The third-order valence-electron chi connectivity index (χ3n) is 15.5. The maximum atomic E-state index is 13.0. The first-order valence-corrected chi connectivity index (χ1v) is 38.0. The summed E-state index contributed by atoms with van der Waals surface area (Å²) in [5, 5.41) is 10.5. The van der Waals surface area contributed by atoms with Crippen LogP contribution in [-0.4, -0.2) is 96.7 Å². The van der Waals surface area contributed by atoms with E-state index >= 15 is 0 Å². The zero-order valence-corrected chi connectivity index (χ0v) is 57.4. The third-order valence-corrected chi connectivity index (χ3v) is 17.4. The van der Waals surface area contributed by atoms with Crippen molar-refractivity contribution in [3.05, 3.63) is 0 Å². The summed E-state index contributed by atoms with van der Waals surface area (Å²) in [6, 6.07) is 0. The zero-order valence-electron chi connectivity index (χ0n) is 55.6. The molecule has 510 valence electrons.